The second-order valence-corrected chi connectivity index (χ2v) is 11.6. The number of fused-ring (bicyclic) bond motifs is 3. The second-order valence-electron chi connectivity index (χ2n) is 11.6. The van der Waals surface area contributed by atoms with Gasteiger partial charge in [-0.15, -0.1) is 0 Å². The number of hydrogen-bond donors (Lipinski definition) is 0. The maximum absolute atomic E-state index is 13.7. The van der Waals surface area contributed by atoms with E-state index >= 15 is 0 Å². The Hall–Kier alpha value is -4.36. The van der Waals surface area contributed by atoms with E-state index in [1.165, 1.54) is 5.56 Å². The number of carbonyl (C=O) groups is 1. The highest BCUT2D eigenvalue weighted by Gasteiger charge is 2.34. The first kappa shape index (κ1) is 28.4. The van der Waals surface area contributed by atoms with E-state index in [9.17, 15) is 4.79 Å². The number of para-hydroxylation sites is 1. The summed E-state index contributed by atoms with van der Waals surface area (Å²) in [6.45, 7) is 7.18. The molecule has 0 saturated heterocycles. The number of aromatic nitrogens is 3. The molecule has 1 fully saturated rings. The summed E-state index contributed by atoms with van der Waals surface area (Å²) in [5.41, 5.74) is 7.24. The Kier molecular flexibility index (Phi) is 7.96. The Morgan fingerprint density at radius 3 is 2.66 bits per heavy atom. The minimum atomic E-state index is -0.286. The van der Waals surface area contributed by atoms with Gasteiger partial charge in [0.05, 0.1) is 43.3 Å². The van der Waals surface area contributed by atoms with E-state index in [0.717, 1.165) is 75.7 Å². The molecule has 2 aromatic heterocycles. The molecule has 0 bridgehead atoms. The summed E-state index contributed by atoms with van der Waals surface area (Å²) in [5.74, 6) is 1.06. The number of ether oxygens (including phenoxy) is 3. The molecule has 3 heterocycles. The Bertz CT molecular complexity index is 1850. The van der Waals surface area contributed by atoms with Gasteiger partial charge in [0.2, 0.25) is 0 Å². The van der Waals surface area contributed by atoms with Crippen LogP contribution in [-0.2, 0) is 35.6 Å². The lowest BCUT2D eigenvalue weighted by Crippen LogP contribution is -2.14. The third-order valence-corrected chi connectivity index (χ3v) is 8.76. The first-order valence-electron chi connectivity index (χ1n) is 15.9. The zero-order valence-electron chi connectivity index (χ0n) is 25.6. The lowest BCUT2D eigenvalue weighted by atomic mass is 9.96. The Balaban J connectivity index is 1.33. The highest BCUT2D eigenvalue weighted by atomic mass is 16.5. The molecule has 0 spiro atoms. The third-order valence-electron chi connectivity index (χ3n) is 8.76. The van der Waals surface area contributed by atoms with Crippen molar-refractivity contribution in [2.75, 3.05) is 19.8 Å². The van der Waals surface area contributed by atoms with Crippen LogP contribution in [0.4, 0.5) is 0 Å². The molecule has 0 atom stereocenters. The molecule has 226 valence electrons. The molecule has 1 aliphatic heterocycles. The van der Waals surface area contributed by atoms with Crippen molar-refractivity contribution in [2.24, 2.45) is 0 Å². The highest BCUT2D eigenvalue weighted by molar-refractivity contribution is 6.05. The standard InChI is InChI=1S/C37H39N3O4/c1-3-40-31-24-42-22-8-7-21-39-35-28(15-10-16-30(35)33(31)34(38-40)26-19-20-26)29(36(39)37(41)43-4-2)17-11-23-44-32-18-9-13-25-12-5-6-14-27(25)32/h5-10,12-16,18,26H,3-4,11,17,19-24H2,1-2H3/b8-7-. The highest BCUT2D eigenvalue weighted by Crippen LogP contribution is 2.47. The number of hydrogen-bond acceptors (Lipinski definition) is 5. The average molecular weight is 590 g/mol. The molecule has 5 aromatic rings. The van der Waals surface area contributed by atoms with E-state index in [-0.39, 0.29) is 5.97 Å². The fourth-order valence-corrected chi connectivity index (χ4v) is 6.64. The van der Waals surface area contributed by atoms with Gasteiger partial charge in [0.25, 0.3) is 0 Å². The van der Waals surface area contributed by atoms with Crippen molar-refractivity contribution in [3.63, 3.8) is 0 Å². The van der Waals surface area contributed by atoms with Gasteiger partial charge >= 0.3 is 5.97 Å². The summed E-state index contributed by atoms with van der Waals surface area (Å²) >= 11 is 0. The summed E-state index contributed by atoms with van der Waals surface area (Å²) in [5, 5.41) is 8.46. The van der Waals surface area contributed by atoms with Crippen LogP contribution in [0.5, 0.6) is 5.75 Å². The van der Waals surface area contributed by atoms with Crippen LogP contribution in [0, 0.1) is 0 Å². The van der Waals surface area contributed by atoms with Crippen molar-refractivity contribution in [1.29, 1.82) is 0 Å². The van der Waals surface area contributed by atoms with Gasteiger partial charge in [-0.25, -0.2) is 4.79 Å². The molecule has 1 aliphatic carbocycles. The first-order chi connectivity index (χ1) is 21.7. The molecule has 44 heavy (non-hydrogen) atoms. The Labute approximate surface area is 258 Å². The van der Waals surface area contributed by atoms with E-state index in [1.54, 1.807) is 0 Å². The van der Waals surface area contributed by atoms with Crippen LogP contribution in [0.15, 0.2) is 72.8 Å². The van der Waals surface area contributed by atoms with Gasteiger partial charge in [0.1, 0.15) is 11.4 Å². The molecule has 2 aliphatic rings. The number of allylic oxidation sites excluding steroid dienone is 1. The van der Waals surface area contributed by atoms with Gasteiger partial charge in [0, 0.05) is 40.9 Å². The normalized spacial score (nSPS) is 15.6. The molecule has 0 radical (unpaired) electrons. The molecule has 3 aromatic carbocycles. The number of nitrogens with zero attached hydrogens (tertiary/aromatic N) is 3. The summed E-state index contributed by atoms with van der Waals surface area (Å²) in [7, 11) is 0. The lowest BCUT2D eigenvalue weighted by Gasteiger charge is -2.13. The minimum absolute atomic E-state index is 0.286. The Morgan fingerprint density at radius 2 is 1.82 bits per heavy atom. The molecule has 7 heteroatoms. The lowest BCUT2D eigenvalue weighted by molar-refractivity contribution is 0.0513. The summed E-state index contributed by atoms with van der Waals surface area (Å²) < 4.78 is 22.4. The fraction of sp³-hybridized carbons (Fsp3) is 0.351. The van der Waals surface area contributed by atoms with Gasteiger partial charge < -0.3 is 18.8 Å². The molecule has 0 N–H and O–H groups in total. The van der Waals surface area contributed by atoms with Crippen LogP contribution in [0.25, 0.3) is 32.8 Å². The van der Waals surface area contributed by atoms with Gasteiger partial charge in [-0.2, -0.15) is 5.10 Å². The summed E-state index contributed by atoms with van der Waals surface area (Å²) in [4.78, 5) is 13.7. The monoisotopic (exact) mass is 589 g/mol. The van der Waals surface area contributed by atoms with Crippen molar-refractivity contribution in [2.45, 2.75) is 65.1 Å². The van der Waals surface area contributed by atoms with E-state index in [0.29, 0.717) is 51.0 Å². The van der Waals surface area contributed by atoms with Crippen LogP contribution in [0.2, 0.25) is 0 Å². The molecule has 0 unspecified atom stereocenters. The molecule has 7 rings (SSSR count). The maximum atomic E-state index is 13.7. The van der Waals surface area contributed by atoms with Crippen molar-refractivity contribution in [3.05, 3.63) is 95.5 Å². The third kappa shape index (κ3) is 5.19. The largest absolute Gasteiger partial charge is 0.493 e. The van der Waals surface area contributed by atoms with Crippen molar-refractivity contribution in [1.82, 2.24) is 14.3 Å². The molecular weight excluding hydrogens is 550 g/mol. The zero-order valence-corrected chi connectivity index (χ0v) is 25.6. The first-order valence-corrected chi connectivity index (χ1v) is 15.9. The number of carbonyl (C=O) groups excluding carboxylic acids is 1. The van der Waals surface area contributed by atoms with Crippen LogP contribution >= 0.6 is 0 Å². The minimum Gasteiger partial charge on any atom is -0.493 e. The van der Waals surface area contributed by atoms with E-state index in [4.69, 9.17) is 19.3 Å². The predicted octanol–water partition coefficient (Wildman–Crippen LogP) is 7.83. The van der Waals surface area contributed by atoms with Crippen LogP contribution < -0.4 is 4.74 Å². The van der Waals surface area contributed by atoms with E-state index < -0.39 is 0 Å². The smallest absolute Gasteiger partial charge is 0.355 e. The number of rotatable bonds is 9. The second kappa shape index (κ2) is 12.3. The van der Waals surface area contributed by atoms with Gasteiger partial charge in [-0.1, -0.05) is 66.7 Å². The quantitative estimate of drug-likeness (QED) is 0.0996. The summed E-state index contributed by atoms with van der Waals surface area (Å²) in [6.07, 6.45) is 7.90. The predicted molar refractivity (Wildman–Crippen MR) is 173 cm³/mol. The Morgan fingerprint density at radius 1 is 1.00 bits per heavy atom. The van der Waals surface area contributed by atoms with Crippen molar-refractivity contribution < 1.29 is 19.0 Å². The number of aryl methyl sites for hydroxylation is 2. The van der Waals surface area contributed by atoms with Crippen molar-refractivity contribution >= 4 is 27.6 Å². The van der Waals surface area contributed by atoms with Crippen LogP contribution in [-0.4, -0.2) is 40.1 Å². The van der Waals surface area contributed by atoms with Crippen molar-refractivity contribution in [3.8, 4) is 16.9 Å². The average Bonchev–Trinajstić information content (AvgIpc) is 3.76. The number of esters is 1. The molecular formula is C37H39N3O4. The topological polar surface area (TPSA) is 67.5 Å². The van der Waals surface area contributed by atoms with Crippen LogP contribution in [0.1, 0.15) is 66.5 Å². The van der Waals surface area contributed by atoms with E-state index in [1.807, 2.05) is 37.3 Å². The van der Waals surface area contributed by atoms with Crippen LogP contribution in [0.3, 0.4) is 0 Å². The van der Waals surface area contributed by atoms with E-state index in [2.05, 4.69) is 58.6 Å². The maximum Gasteiger partial charge on any atom is 0.355 e. The molecule has 1 saturated carbocycles. The number of benzene rings is 3. The molecule has 0 amide bonds. The zero-order chi connectivity index (χ0) is 30.0. The van der Waals surface area contributed by atoms with Gasteiger partial charge in [0.15, 0.2) is 0 Å². The van der Waals surface area contributed by atoms with Gasteiger partial charge in [-0.05, 0) is 56.5 Å². The SMILES string of the molecule is CCOC(=O)c1c(CCCOc2cccc3ccccc23)c2cccc3c2n1C/C=C\COCc1c-3c(C2CC2)nn1CC. The summed E-state index contributed by atoms with van der Waals surface area (Å²) in [6, 6.07) is 20.9. The fourth-order valence-electron chi connectivity index (χ4n) is 6.64. The van der Waals surface area contributed by atoms with Gasteiger partial charge in [-0.3, -0.25) is 4.68 Å². The molecule has 7 nitrogen and oxygen atoms in total.